The van der Waals surface area contributed by atoms with Gasteiger partial charge in [0.2, 0.25) is 0 Å². The summed E-state index contributed by atoms with van der Waals surface area (Å²) in [7, 11) is 0. The first-order valence-electron chi connectivity index (χ1n) is 8.35. The minimum atomic E-state index is -1.24. The molecule has 3 nitrogen and oxygen atoms in total. The zero-order valence-electron chi connectivity index (χ0n) is 14.3. The van der Waals surface area contributed by atoms with Crippen LogP contribution in [0.5, 0.6) is 0 Å². The maximum absolute atomic E-state index is 14.7. The lowest BCUT2D eigenvalue weighted by Crippen LogP contribution is -2.02. The van der Waals surface area contributed by atoms with Gasteiger partial charge < -0.3 is 9.51 Å². The number of aromatic nitrogens is 2. The second-order valence-corrected chi connectivity index (χ2v) is 6.75. The molecule has 136 valence electrons. The average molecular weight is 385 g/mol. The molecule has 0 aliphatic heterocycles. The number of imidazole rings is 1. The van der Waals surface area contributed by atoms with Crippen LogP contribution in [-0.2, 0) is 0 Å². The number of benzene rings is 2. The molecule has 0 spiro atoms. The third-order valence-corrected chi connectivity index (χ3v) is 4.70. The predicted octanol–water partition coefficient (Wildman–Crippen LogP) is 5.65. The Bertz CT molecular complexity index is 1140. The van der Waals surface area contributed by atoms with Crippen molar-refractivity contribution >= 4 is 17.2 Å². The SMILES string of the molecule is CC(O)c1c(F)ccc(-c2ccc3nc(-c4ccc(Cl)cc4)cn3c2)c1F. The van der Waals surface area contributed by atoms with Crippen LogP contribution in [0.2, 0.25) is 5.02 Å². The van der Waals surface area contributed by atoms with Crippen molar-refractivity contribution in [3.63, 3.8) is 0 Å². The highest BCUT2D eigenvalue weighted by atomic mass is 35.5. The van der Waals surface area contributed by atoms with E-state index in [1.165, 1.54) is 13.0 Å². The highest BCUT2D eigenvalue weighted by Crippen LogP contribution is 2.31. The first kappa shape index (κ1) is 17.6. The normalized spacial score (nSPS) is 12.5. The highest BCUT2D eigenvalue weighted by molar-refractivity contribution is 6.30. The second kappa shape index (κ2) is 6.76. The Hall–Kier alpha value is -2.76. The summed E-state index contributed by atoms with van der Waals surface area (Å²) in [5.74, 6) is -1.53. The number of hydrogen-bond donors (Lipinski definition) is 1. The summed E-state index contributed by atoms with van der Waals surface area (Å²) in [6.45, 7) is 1.34. The van der Waals surface area contributed by atoms with Gasteiger partial charge in [0.05, 0.1) is 17.4 Å². The van der Waals surface area contributed by atoms with Gasteiger partial charge in [-0.25, -0.2) is 13.8 Å². The van der Waals surface area contributed by atoms with Gasteiger partial charge >= 0.3 is 0 Å². The smallest absolute Gasteiger partial charge is 0.139 e. The molecule has 2 aromatic heterocycles. The molecule has 0 bridgehead atoms. The summed E-state index contributed by atoms with van der Waals surface area (Å²) in [6, 6.07) is 13.3. The molecule has 0 radical (unpaired) electrons. The number of hydrogen-bond acceptors (Lipinski definition) is 2. The Morgan fingerprint density at radius 2 is 1.67 bits per heavy atom. The van der Waals surface area contributed by atoms with E-state index in [4.69, 9.17) is 11.6 Å². The van der Waals surface area contributed by atoms with Crippen LogP contribution in [0.1, 0.15) is 18.6 Å². The first-order valence-corrected chi connectivity index (χ1v) is 8.73. The molecular weight excluding hydrogens is 370 g/mol. The Morgan fingerprint density at radius 3 is 2.37 bits per heavy atom. The maximum atomic E-state index is 14.7. The molecule has 2 heterocycles. The van der Waals surface area contributed by atoms with Crippen molar-refractivity contribution in [3.8, 4) is 22.4 Å². The van der Waals surface area contributed by atoms with Gasteiger partial charge in [-0.05, 0) is 43.3 Å². The van der Waals surface area contributed by atoms with Crippen LogP contribution in [0.25, 0.3) is 28.0 Å². The van der Waals surface area contributed by atoms with E-state index in [0.717, 1.165) is 17.3 Å². The van der Waals surface area contributed by atoms with E-state index < -0.39 is 17.7 Å². The standard InChI is InChI=1S/C21H15ClF2N2O/c1-12(27)20-17(23)8-7-16(21(20)24)14-4-9-19-25-18(11-26(19)10-14)13-2-5-15(22)6-3-13/h2-12,27H,1H3. The lowest BCUT2D eigenvalue weighted by molar-refractivity contribution is 0.188. The van der Waals surface area contributed by atoms with E-state index in [2.05, 4.69) is 4.98 Å². The summed E-state index contributed by atoms with van der Waals surface area (Å²) in [5, 5.41) is 10.3. The summed E-state index contributed by atoms with van der Waals surface area (Å²) < 4.78 is 30.4. The number of aliphatic hydroxyl groups is 1. The number of pyridine rings is 1. The van der Waals surface area contributed by atoms with Crippen molar-refractivity contribution in [1.82, 2.24) is 9.38 Å². The second-order valence-electron chi connectivity index (χ2n) is 6.31. The predicted molar refractivity (Wildman–Crippen MR) is 102 cm³/mol. The quantitative estimate of drug-likeness (QED) is 0.495. The van der Waals surface area contributed by atoms with E-state index in [0.29, 0.717) is 16.2 Å². The van der Waals surface area contributed by atoms with E-state index in [1.807, 2.05) is 18.3 Å². The van der Waals surface area contributed by atoms with Gasteiger partial charge in [0.1, 0.15) is 17.3 Å². The molecule has 27 heavy (non-hydrogen) atoms. The van der Waals surface area contributed by atoms with E-state index in [1.54, 1.807) is 34.9 Å². The molecule has 0 saturated carbocycles. The van der Waals surface area contributed by atoms with Gasteiger partial charge in [0.15, 0.2) is 0 Å². The number of fused-ring (bicyclic) bond motifs is 1. The molecule has 4 rings (SSSR count). The molecule has 1 N–H and O–H groups in total. The molecule has 0 aliphatic rings. The summed E-state index contributed by atoms with van der Waals surface area (Å²) >= 11 is 5.92. The van der Waals surface area contributed by atoms with Crippen LogP contribution in [0, 0.1) is 11.6 Å². The lowest BCUT2D eigenvalue weighted by Gasteiger charge is -2.12. The van der Waals surface area contributed by atoms with Crippen molar-refractivity contribution in [3.05, 3.63) is 83.1 Å². The van der Waals surface area contributed by atoms with Gasteiger partial charge in [0.25, 0.3) is 0 Å². The van der Waals surface area contributed by atoms with Crippen molar-refractivity contribution in [2.75, 3.05) is 0 Å². The lowest BCUT2D eigenvalue weighted by atomic mass is 10.0. The summed E-state index contributed by atoms with van der Waals surface area (Å²) in [6.07, 6.45) is 2.32. The van der Waals surface area contributed by atoms with Crippen LogP contribution in [0.15, 0.2) is 60.9 Å². The minimum Gasteiger partial charge on any atom is -0.388 e. The van der Waals surface area contributed by atoms with Crippen LogP contribution in [0.3, 0.4) is 0 Å². The van der Waals surface area contributed by atoms with Gasteiger partial charge in [-0.3, -0.25) is 0 Å². The molecular formula is C21H15ClF2N2O. The van der Waals surface area contributed by atoms with Crippen LogP contribution in [0.4, 0.5) is 8.78 Å². The fraction of sp³-hybridized carbons (Fsp3) is 0.0952. The van der Waals surface area contributed by atoms with Crippen molar-refractivity contribution in [2.24, 2.45) is 0 Å². The van der Waals surface area contributed by atoms with Crippen molar-refractivity contribution < 1.29 is 13.9 Å². The monoisotopic (exact) mass is 384 g/mol. The highest BCUT2D eigenvalue weighted by Gasteiger charge is 2.19. The molecule has 6 heteroatoms. The molecule has 4 aromatic rings. The number of rotatable bonds is 3. The van der Waals surface area contributed by atoms with Gasteiger partial charge in [-0.2, -0.15) is 0 Å². The summed E-state index contributed by atoms with van der Waals surface area (Å²) in [5.41, 5.74) is 2.81. The Balaban J connectivity index is 1.81. The van der Waals surface area contributed by atoms with Crippen molar-refractivity contribution in [1.29, 1.82) is 0 Å². The van der Waals surface area contributed by atoms with E-state index in [-0.39, 0.29) is 11.1 Å². The van der Waals surface area contributed by atoms with Gasteiger partial charge in [0, 0.05) is 34.1 Å². The molecule has 0 saturated heterocycles. The van der Waals surface area contributed by atoms with Crippen LogP contribution >= 0.6 is 11.6 Å². The molecule has 0 aliphatic carbocycles. The molecule has 0 amide bonds. The first-order chi connectivity index (χ1) is 12.9. The minimum absolute atomic E-state index is 0.218. The van der Waals surface area contributed by atoms with Crippen molar-refractivity contribution in [2.45, 2.75) is 13.0 Å². The Kier molecular flexibility index (Phi) is 4.42. The molecule has 1 unspecified atom stereocenters. The maximum Gasteiger partial charge on any atom is 0.139 e. The average Bonchev–Trinajstić information content (AvgIpc) is 3.05. The molecule has 0 fully saturated rings. The topological polar surface area (TPSA) is 37.5 Å². The fourth-order valence-corrected chi connectivity index (χ4v) is 3.21. The number of aliphatic hydroxyl groups excluding tert-OH is 1. The zero-order valence-corrected chi connectivity index (χ0v) is 15.1. The van der Waals surface area contributed by atoms with Crippen LogP contribution in [-0.4, -0.2) is 14.5 Å². The van der Waals surface area contributed by atoms with E-state index >= 15 is 0 Å². The third kappa shape index (κ3) is 3.20. The van der Waals surface area contributed by atoms with Crippen LogP contribution < -0.4 is 0 Å². The van der Waals surface area contributed by atoms with Gasteiger partial charge in [-0.1, -0.05) is 23.7 Å². The number of halogens is 3. The molecule has 2 aromatic carbocycles. The van der Waals surface area contributed by atoms with E-state index in [9.17, 15) is 13.9 Å². The number of nitrogens with zero attached hydrogens (tertiary/aromatic N) is 2. The summed E-state index contributed by atoms with van der Waals surface area (Å²) in [4.78, 5) is 4.56. The zero-order chi connectivity index (χ0) is 19.1. The molecule has 1 atom stereocenters. The largest absolute Gasteiger partial charge is 0.388 e. The third-order valence-electron chi connectivity index (χ3n) is 4.45. The Labute approximate surface area is 159 Å². The Morgan fingerprint density at radius 1 is 0.963 bits per heavy atom. The fourth-order valence-electron chi connectivity index (χ4n) is 3.09. The van der Waals surface area contributed by atoms with Gasteiger partial charge in [-0.15, -0.1) is 0 Å².